The monoisotopic (exact) mass is 344 g/mol. The molecule has 0 saturated carbocycles. The Kier molecular flexibility index (Phi) is 5.32. The molecular formula is C15H12Cl2F2N2O. The quantitative estimate of drug-likeness (QED) is 0.591. The topological polar surface area (TPSA) is 34.0 Å². The van der Waals surface area contributed by atoms with Crippen molar-refractivity contribution in [2.75, 3.05) is 6.61 Å². The van der Waals surface area contributed by atoms with Gasteiger partial charge in [0, 0.05) is 12.1 Å². The predicted octanol–water partition coefficient (Wildman–Crippen LogP) is 6.39. The molecule has 0 spiro atoms. The zero-order valence-corrected chi connectivity index (χ0v) is 13.3. The lowest BCUT2D eigenvalue weighted by Crippen LogP contribution is -1.93. The predicted molar refractivity (Wildman–Crippen MR) is 82.9 cm³/mol. The van der Waals surface area contributed by atoms with E-state index in [-0.39, 0.29) is 21.5 Å². The summed E-state index contributed by atoms with van der Waals surface area (Å²) in [5, 5.41) is 7.89. The van der Waals surface area contributed by atoms with Crippen molar-refractivity contribution in [3.63, 3.8) is 0 Å². The molecule has 0 amide bonds. The number of hydrogen-bond donors (Lipinski definition) is 0. The number of hydrogen-bond acceptors (Lipinski definition) is 3. The van der Waals surface area contributed by atoms with Gasteiger partial charge >= 0.3 is 0 Å². The van der Waals surface area contributed by atoms with Crippen molar-refractivity contribution in [2.45, 2.75) is 13.8 Å². The summed E-state index contributed by atoms with van der Waals surface area (Å²) in [4.78, 5) is 0. The van der Waals surface area contributed by atoms with E-state index in [4.69, 9.17) is 27.9 Å². The van der Waals surface area contributed by atoms with Gasteiger partial charge in [-0.1, -0.05) is 29.3 Å². The molecule has 116 valence electrons. The van der Waals surface area contributed by atoms with Crippen molar-refractivity contribution in [2.24, 2.45) is 10.2 Å². The smallest absolute Gasteiger partial charge is 0.157 e. The summed E-state index contributed by atoms with van der Waals surface area (Å²) in [6, 6.07) is 5.38. The van der Waals surface area contributed by atoms with Crippen LogP contribution in [-0.4, -0.2) is 6.61 Å². The highest BCUT2D eigenvalue weighted by molar-refractivity contribution is 6.39. The number of azo groups is 1. The van der Waals surface area contributed by atoms with Crippen LogP contribution in [0.1, 0.15) is 12.5 Å². The molecule has 0 aliphatic carbocycles. The SMILES string of the molecule is CCOc1cc(F)c(N=Nc2c(Cl)ccc(C)c2Cl)c(F)c1. The Morgan fingerprint density at radius 1 is 1.05 bits per heavy atom. The molecular weight excluding hydrogens is 333 g/mol. The third-order valence-electron chi connectivity index (χ3n) is 2.81. The van der Waals surface area contributed by atoms with Crippen LogP contribution in [0, 0.1) is 18.6 Å². The van der Waals surface area contributed by atoms with E-state index in [1.807, 2.05) is 0 Å². The molecule has 0 unspecified atom stereocenters. The Balaban J connectivity index is 2.41. The molecule has 0 N–H and O–H groups in total. The molecule has 2 rings (SSSR count). The van der Waals surface area contributed by atoms with Gasteiger partial charge in [0.2, 0.25) is 0 Å². The number of rotatable bonds is 4. The third kappa shape index (κ3) is 3.54. The normalized spacial score (nSPS) is 11.2. The van der Waals surface area contributed by atoms with E-state index in [2.05, 4.69) is 10.2 Å². The van der Waals surface area contributed by atoms with Gasteiger partial charge in [-0.3, -0.25) is 0 Å². The second-order valence-electron chi connectivity index (χ2n) is 4.40. The molecule has 0 atom stereocenters. The maximum atomic E-state index is 13.9. The molecule has 0 saturated heterocycles. The molecule has 2 aromatic rings. The van der Waals surface area contributed by atoms with Crippen LogP contribution in [0.4, 0.5) is 20.2 Å². The van der Waals surface area contributed by atoms with Crippen molar-refractivity contribution >= 4 is 34.6 Å². The van der Waals surface area contributed by atoms with Gasteiger partial charge in [-0.25, -0.2) is 8.78 Å². The fourth-order valence-corrected chi connectivity index (χ4v) is 2.17. The van der Waals surface area contributed by atoms with Crippen LogP contribution < -0.4 is 4.74 Å². The second kappa shape index (κ2) is 7.03. The first-order valence-electron chi connectivity index (χ1n) is 6.42. The summed E-state index contributed by atoms with van der Waals surface area (Å²) >= 11 is 12.0. The van der Waals surface area contributed by atoms with Crippen LogP contribution in [0.3, 0.4) is 0 Å². The van der Waals surface area contributed by atoms with Crippen molar-refractivity contribution in [3.05, 3.63) is 51.5 Å². The van der Waals surface area contributed by atoms with Crippen LogP contribution in [0.25, 0.3) is 0 Å². The Labute approximate surface area is 136 Å². The minimum atomic E-state index is -0.882. The lowest BCUT2D eigenvalue weighted by atomic mass is 10.2. The van der Waals surface area contributed by atoms with Crippen LogP contribution in [0.2, 0.25) is 10.0 Å². The fraction of sp³-hybridized carbons (Fsp3) is 0.200. The standard InChI is InChI=1S/C15H12Cl2F2N2O/c1-3-22-9-6-11(18)15(12(19)7-9)21-20-14-10(16)5-4-8(2)13(14)17/h4-7H,3H2,1-2H3. The molecule has 0 bridgehead atoms. The largest absolute Gasteiger partial charge is 0.494 e. The summed E-state index contributed by atoms with van der Waals surface area (Å²) in [5.41, 5.74) is 0.362. The number of aryl methyl sites for hydroxylation is 1. The first-order chi connectivity index (χ1) is 10.4. The van der Waals surface area contributed by atoms with Gasteiger partial charge in [0.25, 0.3) is 0 Å². The average Bonchev–Trinajstić information content (AvgIpc) is 2.46. The van der Waals surface area contributed by atoms with Gasteiger partial charge in [0.05, 0.1) is 16.7 Å². The highest BCUT2D eigenvalue weighted by Gasteiger charge is 2.13. The van der Waals surface area contributed by atoms with Crippen LogP contribution in [0.15, 0.2) is 34.5 Å². The van der Waals surface area contributed by atoms with Crippen LogP contribution in [-0.2, 0) is 0 Å². The Bertz CT molecular complexity index is 713. The molecule has 22 heavy (non-hydrogen) atoms. The number of halogens is 4. The van der Waals surface area contributed by atoms with E-state index < -0.39 is 17.3 Å². The zero-order chi connectivity index (χ0) is 16.3. The van der Waals surface area contributed by atoms with Gasteiger partial charge in [-0.05, 0) is 25.5 Å². The highest BCUT2D eigenvalue weighted by atomic mass is 35.5. The summed E-state index contributed by atoms with van der Waals surface area (Å²) in [6.45, 7) is 3.77. The molecule has 7 heteroatoms. The summed E-state index contributed by atoms with van der Waals surface area (Å²) in [5.74, 6) is -1.68. The fourth-order valence-electron chi connectivity index (χ4n) is 1.72. The molecule has 0 aliphatic rings. The van der Waals surface area contributed by atoms with Gasteiger partial charge in [-0.2, -0.15) is 0 Å². The molecule has 0 aromatic heterocycles. The Hall–Kier alpha value is -1.72. The highest BCUT2D eigenvalue weighted by Crippen LogP contribution is 2.37. The second-order valence-corrected chi connectivity index (χ2v) is 5.18. The average molecular weight is 345 g/mol. The minimum absolute atomic E-state index is 0.0862. The molecule has 3 nitrogen and oxygen atoms in total. The lowest BCUT2D eigenvalue weighted by Gasteiger charge is -2.06. The summed E-state index contributed by atoms with van der Waals surface area (Å²) in [6.07, 6.45) is 0. The molecule has 2 aromatic carbocycles. The van der Waals surface area contributed by atoms with E-state index in [9.17, 15) is 8.78 Å². The lowest BCUT2D eigenvalue weighted by molar-refractivity contribution is 0.336. The van der Waals surface area contributed by atoms with Crippen molar-refractivity contribution in [1.29, 1.82) is 0 Å². The molecule has 0 radical (unpaired) electrons. The zero-order valence-electron chi connectivity index (χ0n) is 11.8. The Morgan fingerprint density at radius 2 is 1.64 bits per heavy atom. The first kappa shape index (κ1) is 16.6. The molecule has 0 heterocycles. The van der Waals surface area contributed by atoms with Gasteiger partial charge in [-0.15, -0.1) is 10.2 Å². The van der Waals surface area contributed by atoms with Crippen molar-refractivity contribution in [1.82, 2.24) is 0 Å². The van der Waals surface area contributed by atoms with Gasteiger partial charge < -0.3 is 4.74 Å². The van der Waals surface area contributed by atoms with E-state index in [0.717, 1.165) is 17.7 Å². The molecule has 0 fully saturated rings. The summed E-state index contributed by atoms with van der Waals surface area (Å²) in [7, 11) is 0. The maximum Gasteiger partial charge on any atom is 0.157 e. The van der Waals surface area contributed by atoms with Crippen LogP contribution in [0.5, 0.6) is 5.75 Å². The third-order valence-corrected chi connectivity index (χ3v) is 3.59. The minimum Gasteiger partial charge on any atom is -0.494 e. The van der Waals surface area contributed by atoms with Gasteiger partial charge in [0.1, 0.15) is 11.4 Å². The number of nitrogens with zero attached hydrogens (tertiary/aromatic N) is 2. The number of benzene rings is 2. The van der Waals surface area contributed by atoms with Gasteiger partial charge in [0.15, 0.2) is 17.3 Å². The number of ether oxygens (including phenoxy) is 1. The summed E-state index contributed by atoms with van der Waals surface area (Å²) < 4.78 is 32.8. The van der Waals surface area contributed by atoms with E-state index in [0.29, 0.717) is 6.61 Å². The first-order valence-corrected chi connectivity index (χ1v) is 7.17. The van der Waals surface area contributed by atoms with Crippen molar-refractivity contribution in [3.8, 4) is 5.75 Å². The van der Waals surface area contributed by atoms with E-state index in [1.54, 1.807) is 26.0 Å². The van der Waals surface area contributed by atoms with Crippen LogP contribution >= 0.6 is 23.2 Å². The Morgan fingerprint density at radius 3 is 2.23 bits per heavy atom. The maximum absolute atomic E-state index is 13.9. The van der Waals surface area contributed by atoms with Crippen molar-refractivity contribution < 1.29 is 13.5 Å². The van der Waals surface area contributed by atoms with E-state index in [1.165, 1.54) is 0 Å². The molecule has 0 aliphatic heterocycles. The van der Waals surface area contributed by atoms with E-state index >= 15 is 0 Å².